The summed E-state index contributed by atoms with van der Waals surface area (Å²) < 4.78 is 86.1. The third-order valence-electron chi connectivity index (χ3n) is 4.58. The summed E-state index contributed by atoms with van der Waals surface area (Å²) in [6.45, 7) is -3.09. The van der Waals surface area contributed by atoms with Gasteiger partial charge in [0.25, 0.3) is 5.91 Å². The average Bonchev–Trinajstić information content (AvgIpc) is 3.21. The molecule has 0 aliphatic carbocycles. The van der Waals surface area contributed by atoms with Gasteiger partial charge in [-0.05, 0) is 37.2 Å². The molecule has 3 heterocycles. The van der Waals surface area contributed by atoms with E-state index in [1.807, 2.05) is 0 Å². The van der Waals surface area contributed by atoms with Crippen LogP contribution in [0.5, 0.6) is 11.6 Å². The van der Waals surface area contributed by atoms with Crippen LogP contribution in [-0.2, 0) is 0 Å². The maximum Gasteiger partial charge on any atom is 0.573 e. The highest BCUT2D eigenvalue weighted by Gasteiger charge is 2.31. The lowest BCUT2D eigenvalue weighted by molar-refractivity contribution is -0.274. The predicted octanol–water partition coefficient (Wildman–Crippen LogP) is 3.31. The molecule has 1 atom stereocenters. The molecular weight excluding hydrogens is 474 g/mol. The first-order chi connectivity index (χ1) is 17.7. The second-order valence-corrected chi connectivity index (χ2v) is 6.94. The number of halogens is 4. The topological polar surface area (TPSA) is 130 Å². The molecule has 0 saturated heterocycles. The quantitative estimate of drug-likeness (QED) is 0.391. The van der Waals surface area contributed by atoms with Crippen LogP contribution in [0.4, 0.5) is 23.5 Å². The number of hydrogen-bond acceptors (Lipinski definition) is 8. The number of carbonyl (C=O) groups is 1. The Hall–Kier alpha value is -4.49. The SMILES string of the molecule is [2H]C([2H])([2H])[C@@H](NC(=O)c1nc(-c2ccn3nc(N)nc3c2)cnc1OC)c1cc(OC(F)(F)F)ccc1F. The van der Waals surface area contributed by atoms with E-state index in [1.165, 1.54) is 24.0 Å². The molecule has 10 nitrogen and oxygen atoms in total. The van der Waals surface area contributed by atoms with Crippen molar-refractivity contribution in [3.63, 3.8) is 0 Å². The van der Waals surface area contributed by atoms with Crippen molar-refractivity contribution in [2.24, 2.45) is 0 Å². The molecule has 0 radical (unpaired) electrons. The molecule has 4 aromatic rings. The molecule has 3 N–H and O–H groups in total. The summed E-state index contributed by atoms with van der Waals surface area (Å²) in [5.41, 5.74) is 5.30. The van der Waals surface area contributed by atoms with Crippen molar-refractivity contribution in [1.82, 2.24) is 29.9 Å². The van der Waals surface area contributed by atoms with E-state index in [0.717, 1.165) is 0 Å². The molecule has 0 aliphatic heterocycles. The highest BCUT2D eigenvalue weighted by atomic mass is 19.4. The Morgan fingerprint density at radius 2 is 2.06 bits per heavy atom. The summed E-state index contributed by atoms with van der Waals surface area (Å²) >= 11 is 0. The van der Waals surface area contributed by atoms with E-state index in [4.69, 9.17) is 14.6 Å². The zero-order chi connectivity index (χ0) is 27.8. The van der Waals surface area contributed by atoms with E-state index in [1.54, 1.807) is 12.1 Å². The molecule has 14 heteroatoms. The van der Waals surface area contributed by atoms with Crippen LogP contribution in [-0.4, -0.2) is 43.9 Å². The van der Waals surface area contributed by atoms with E-state index in [9.17, 15) is 22.4 Å². The number of nitrogens with one attached hydrogen (secondary N) is 1. The Balaban J connectivity index is 1.71. The number of anilines is 1. The average molecular weight is 494 g/mol. The van der Waals surface area contributed by atoms with Crippen LogP contribution in [0.3, 0.4) is 0 Å². The van der Waals surface area contributed by atoms with Gasteiger partial charge < -0.3 is 20.5 Å². The van der Waals surface area contributed by atoms with E-state index < -0.39 is 48.0 Å². The number of alkyl halides is 3. The van der Waals surface area contributed by atoms with Gasteiger partial charge in [-0.1, -0.05) is 0 Å². The molecule has 182 valence electrons. The summed E-state index contributed by atoms with van der Waals surface area (Å²) in [6.07, 6.45) is -2.30. The number of nitrogen functional groups attached to an aromatic ring is 1. The number of aromatic nitrogens is 5. The summed E-state index contributed by atoms with van der Waals surface area (Å²) in [5.74, 6) is -3.48. The fraction of sp³-hybridized carbons (Fsp3) is 0.190. The molecule has 35 heavy (non-hydrogen) atoms. The zero-order valence-corrected chi connectivity index (χ0v) is 17.7. The molecule has 0 bridgehead atoms. The van der Waals surface area contributed by atoms with E-state index in [0.29, 0.717) is 29.4 Å². The van der Waals surface area contributed by atoms with E-state index >= 15 is 0 Å². The third kappa shape index (κ3) is 5.20. The number of nitrogens with zero attached hydrogens (tertiary/aromatic N) is 5. The number of rotatable bonds is 6. The summed E-state index contributed by atoms with van der Waals surface area (Å²) in [6, 6.07) is 2.84. The van der Waals surface area contributed by atoms with E-state index in [2.05, 4.69) is 30.1 Å². The summed E-state index contributed by atoms with van der Waals surface area (Å²) in [5, 5.41) is 6.05. The first-order valence-electron chi connectivity index (χ1n) is 11.1. The minimum absolute atomic E-state index is 0.0238. The van der Waals surface area contributed by atoms with Gasteiger partial charge in [-0.2, -0.15) is 4.98 Å². The molecule has 0 fully saturated rings. The van der Waals surface area contributed by atoms with Gasteiger partial charge in [-0.25, -0.2) is 18.9 Å². The second kappa shape index (κ2) is 9.04. The number of amides is 1. The minimum Gasteiger partial charge on any atom is -0.479 e. The Morgan fingerprint density at radius 3 is 2.77 bits per heavy atom. The first kappa shape index (κ1) is 19.9. The number of pyridine rings is 1. The van der Waals surface area contributed by atoms with Gasteiger partial charge >= 0.3 is 6.36 Å². The lowest BCUT2D eigenvalue weighted by atomic mass is 10.1. The standard InChI is InChI=1S/C21H17F4N7O3/c1-10(13-8-12(3-4-14(13)22)35-21(23,24)25)28-18(33)17-19(34-2)27-9-15(29-17)11-5-6-32-16(7-11)30-20(26)31-32/h3-10H,1-2H3,(H2,26,31)(H,28,33)/t10-/m1/s1/i1D3. The number of methoxy groups -OCH3 is 1. The number of benzene rings is 1. The van der Waals surface area contributed by atoms with Crippen LogP contribution in [0, 0.1) is 5.82 Å². The molecule has 0 aliphatic rings. The van der Waals surface area contributed by atoms with Crippen molar-refractivity contribution in [2.75, 3.05) is 12.8 Å². The lowest BCUT2D eigenvalue weighted by Gasteiger charge is -2.17. The highest BCUT2D eigenvalue weighted by Crippen LogP contribution is 2.28. The maximum atomic E-state index is 14.6. The molecule has 4 rings (SSSR count). The minimum atomic E-state index is -5.11. The molecule has 1 amide bonds. The van der Waals surface area contributed by atoms with Gasteiger partial charge in [-0.3, -0.25) is 4.79 Å². The monoisotopic (exact) mass is 494 g/mol. The first-order valence-corrected chi connectivity index (χ1v) is 9.64. The van der Waals surface area contributed by atoms with Gasteiger partial charge in [-0.15, -0.1) is 18.3 Å². The zero-order valence-electron chi connectivity index (χ0n) is 20.7. The highest BCUT2D eigenvalue weighted by molar-refractivity contribution is 5.95. The van der Waals surface area contributed by atoms with Gasteiger partial charge in [0.2, 0.25) is 11.8 Å². The van der Waals surface area contributed by atoms with Crippen LogP contribution in [0.2, 0.25) is 0 Å². The Bertz CT molecular complexity index is 1510. The van der Waals surface area contributed by atoms with Crippen LogP contribution in [0.25, 0.3) is 16.9 Å². The van der Waals surface area contributed by atoms with Crippen LogP contribution in [0.1, 0.15) is 33.1 Å². The van der Waals surface area contributed by atoms with Gasteiger partial charge in [0.1, 0.15) is 11.6 Å². The molecular formula is C21H17F4N7O3. The number of ether oxygens (including phenoxy) is 2. The Morgan fingerprint density at radius 1 is 1.26 bits per heavy atom. The van der Waals surface area contributed by atoms with Gasteiger partial charge in [0, 0.05) is 21.4 Å². The third-order valence-corrected chi connectivity index (χ3v) is 4.58. The summed E-state index contributed by atoms with van der Waals surface area (Å²) in [7, 11) is 1.18. The lowest BCUT2D eigenvalue weighted by Crippen LogP contribution is -2.29. The summed E-state index contributed by atoms with van der Waals surface area (Å²) in [4.78, 5) is 25.4. The maximum absolute atomic E-state index is 14.6. The van der Waals surface area contributed by atoms with Crippen molar-refractivity contribution in [2.45, 2.75) is 19.3 Å². The number of fused-ring (bicyclic) bond motifs is 1. The number of carbonyl (C=O) groups excluding carboxylic acids is 1. The molecule has 3 aromatic heterocycles. The van der Waals surface area contributed by atoms with Crippen molar-refractivity contribution < 1.29 is 35.9 Å². The molecule has 1 aromatic carbocycles. The van der Waals surface area contributed by atoms with Crippen LogP contribution < -0.4 is 20.5 Å². The Labute approximate surface area is 198 Å². The van der Waals surface area contributed by atoms with Crippen molar-refractivity contribution in [3.05, 3.63) is 59.8 Å². The van der Waals surface area contributed by atoms with Gasteiger partial charge in [0.15, 0.2) is 11.3 Å². The number of nitrogens with two attached hydrogens (primary N) is 1. The molecule has 0 unspecified atom stereocenters. The molecule has 0 saturated carbocycles. The number of hydrogen-bond donors (Lipinski definition) is 2. The normalized spacial score (nSPS) is 14.0. The second-order valence-electron chi connectivity index (χ2n) is 6.94. The fourth-order valence-electron chi connectivity index (χ4n) is 3.09. The smallest absolute Gasteiger partial charge is 0.479 e. The molecule has 0 spiro atoms. The van der Waals surface area contributed by atoms with Gasteiger partial charge in [0.05, 0.1) is 25.0 Å². The largest absolute Gasteiger partial charge is 0.573 e. The fourth-order valence-corrected chi connectivity index (χ4v) is 3.09. The van der Waals surface area contributed by atoms with Crippen LogP contribution in [0.15, 0.2) is 42.7 Å². The Kier molecular flexibility index (Phi) is 5.15. The van der Waals surface area contributed by atoms with Crippen LogP contribution >= 0.6 is 0 Å². The van der Waals surface area contributed by atoms with Crippen molar-refractivity contribution in [1.29, 1.82) is 0 Å². The predicted molar refractivity (Wildman–Crippen MR) is 114 cm³/mol. The van der Waals surface area contributed by atoms with E-state index in [-0.39, 0.29) is 17.5 Å². The van der Waals surface area contributed by atoms with Crippen molar-refractivity contribution >= 4 is 17.5 Å². The van der Waals surface area contributed by atoms with Crippen molar-refractivity contribution in [3.8, 4) is 22.9 Å².